The van der Waals surface area contributed by atoms with Gasteiger partial charge < -0.3 is 63.8 Å². The number of nitrogens with two attached hydrogens (primary N) is 4. The molecule has 4 saturated heterocycles. The third-order valence-electron chi connectivity index (χ3n) is 21.6. The van der Waals surface area contributed by atoms with E-state index in [1.807, 2.05) is 136 Å². The second-order valence-electron chi connectivity index (χ2n) is 30.0. The molecule has 0 spiro atoms. The van der Waals surface area contributed by atoms with Gasteiger partial charge in [-0.05, 0) is 125 Å². The maximum Gasteiger partial charge on any atom is 0.418 e. The second-order valence-corrected chi connectivity index (χ2v) is 30.0. The van der Waals surface area contributed by atoms with Crippen LogP contribution in [0.15, 0.2) is 250 Å². The van der Waals surface area contributed by atoms with E-state index in [1.54, 1.807) is 24.4 Å². The predicted octanol–water partition coefficient (Wildman–Crippen LogP) is 17.2. The van der Waals surface area contributed by atoms with Crippen molar-refractivity contribution >= 4 is 75.8 Å². The van der Waals surface area contributed by atoms with Crippen LogP contribution in [0.2, 0.25) is 0 Å². The van der Waals surface area contributed by atoms with Crippen molar-refractivity contribution < 1.29 is 74.4 Å². The number of halogens is 9. The molecule has 666 valence electrons. The topological polar surface area (TPSA) is 337 Å². The first kappa shape index (κ1) is 88.9. The van der Waals surface area contributed by atoms with E-state index in [0.29, 0.717) is 86.6 Å². The van der Waals surface area contributed by atoms with Gasteiger partial charge in [-0.1, -0.05) is 148 Å². The lowest BCUT2D eigenvalue weighted by atomic mass is 9.95. The van der Waals surface area contributed by atoms with Gasteiger partial charge in [0.15, 0.2) is 0 Å². The fourth-order valence-electron chi connectivity index (χ4n) is 15.0. The molecule has 12 aromatic rings. The maximum absolute atomic E-state index is 13.8. The summed E-state index contributed by atoms with van der Waals surface area (Å²) in [4.78, 5) is 92.7. The zero-order valence-corrected chi connectivity index (χ0v) is 67.8. The molecular formula is C92H111F9N20O4. The van der Waals surface area contributed by atoms with E-state index in [1.165, 1.54) is 78.8 Å². The Morgan fingerprint density at radius 2 is 0.640 bits per heavy atom. The third kappa shape index (κ3) is 21.6. The average Bonchev–Trinajstić information content (AvgIpc) is 0.780. The zero-order valence-electron chi connectivity index (χ0n) is 67.8. The van der Waals surface area contributed by atoms with Crippen LogP contribution in [0, 0.1) is 5.92 Å². The number of hydrogen-bond acceptors (Lipinski definition) is 24. The Kier molecular flexibility index (Phi) is 28.1. The molecule has 0 saturated carbocycles. The quantitative estimate of drug-likeness (QED) is 0.0292. The second kappa shape index (κ2) is 39.5. The lowest BCUT2D eigenvalue weighted by Crippen LogP contribution is -2.54. The molecule has 16 rings (SSSR count). The van der Waals surface area contributed by atoms with Crippen molar-refractivity contribution in [3.63, 3.8) is 0 Å². The van der Waals surface area contributed by atoms with Gasteiger partial charge in [0.2, 0.25) is 23.1 Å². The summed E-state index contributed by atoms with van der Waals surface area (Å²) < 4.78 is 123. The number of carbonyl (C=O) groups is 4. The first-order valence-corrected chi connectivity index (χ1v) is 40.1. The highest BCUT2D eigenvalue weighted by molar-refractivity contribution is 6.14. The molecule has 12 N–H and O–H groups in total. The SMILES string of the molecule is C=Cc1ccc(N2CCN[C@@H](c3ccccc3)C2)nc1C(=O)c1cccnc1N.CC(C)[C@H]1CN(c2ccc(C(F)(F)F)c(C(=O)c3cccnc3N)n2)C[C@@H](c2ccccc2)N1.Nc1ncccc1C(=O)c1nc(N2CCN[C@@H](c3ccccc3)C2)ccc1C(F)(F)F.Nc1ncccc1C(=O)c1nc(N2CCN[C@H](c3ccccc3)C2)ccc1C(F)(F)F.[HH].[HH].[HH].[HH].[HH].[HH].[HH].[HH].[HH].[HH].[HH]. The number of aromatic nitrogens is 8. The van der Waals surface area contributed by atoms with Crippen LogP contribution in [0.4, 0.5) is 86.1 Å². The molecular weight excluding hydrogens is 1620 g/mol. The highest BCUT2D eigenvalue weighted by atomic mass is 19.4. The van der Waals surface area contributed by atoms with Gasteiger partial charge >= 0.3 is 18.5 Å². The molecule has 0 radical (unpaired) electrons. The van der Waals surface area contributed by atoms with Crippen LogP contribution in [-0.4, -0.2) is 141 Å². The smallest absolute Gasteiger partial charge is 0.383 e. The van der Waals surface area contributed by atoms with Crippen molar-refractivity contribution in [3.05, 3.63) is 339 Å². The standard InChI is InChI=1S/C25H26F3N5O.C23H23N5O.2C22H20F3N5O.11H2/c1-15(2)19-13-33(14-20(31-19)16-7-4-3-5-8-16)21-11-10-18(25(26,27)28)22(32-21)23(34)17-9-6-12-30-24(17)29;1-2-16-10-11-20(27-21(16)22(29)18-9-6-12-26-23(18)24)28-14-13-25-19(15-28)17-7-4-3-5-8-17;2*23-22(24,25)16-8-9-18(29-19(16)20(31)15-7-4-10-28-21(15)26)30-12-11-27-17(13-30)14-5-2-1-3-6-14;;;;;;;;;;;/h3-12,15,19-20,31H,13-14H2,1-2H3,(H2,29,30);2-12,19,25H,1,13-15H2,(H2,24,26);2*1-10,17,27H,11-13H2,(H2,26,28);11*1H/t19-,20+;19-;2*17-;;;;;;;;;;;/m1110.........../s1. The summed E-state index contributed by atoms with van der Waals surface area (Å²) in [6.45, 7) is 14.8. The van der Waals surface area contributed by atoms with Crippen LogP contribution < -0.4 is 63.8 Å². The van der Waals surface area contributed by atoms with Crippen molar-refractivity contribution in [2.24, 2.45) is 5.92 Å². The number of rotatable bonds is 18. The fourth-order valence-corrected chi connectivity index (χ4v) is 15.0. The molecule has 4 aliphatic rings. The molecule has 0 aliphatic carbocycles. The van der Waals surface area contributed by atoms with E-state index in [-0.39, 0.29) is 97.6 Å². The minimum absolute atomic E-state index is 0. The molecule has 12 heterocycles. The zero-order chi connectivity index (χ0) is 88.7. The summed E-state index contributed by atoms with van der Waals surface area (Å²) in [5, 5.41) is 14.0. The summed E-state index contributed by atoms with van der Waals surface area (Å²) in [7, 11) is 0. The number of nitrogens with zero attached hydrogens (tertiary/aromatic N) is 12. The van der Waals surface area contributed by atoms with E-state index in [2.05, 4.69) is 93.6 Å². The Morgan fingerprint density at radius 1 is 0.368 bits per heavy atom. The third-order valence-corrected chi connectivity index (χ3v) is 21.6. The van der Waals surface area contributed by atoms with E-state index < -0.39 is 69.7 Å². The number of alkyl halides is 9. The number of anilines is 8. The minimum atomic E-state index is -4.75. The van der Waals surface area contributed by atoms with Gasteiger partial charge in [0, 0.05) is 142 Å². The van der Waals surface area contributed by atoms with Crippen LogP contribution in [0.25, 0.3) is 6.08 Å². The Labute approximate surface area is 730 Å². The predicted molar refractivity (Wildman–Crippen MR) is 485 cm³/mol. The van der Waals surface area contributed by atoms with Crippen molar-refractivity contribution in [1.82, 2.24) is 61.1 Å². The summed E-state index contributed by atoms with van der Waals surface area (Å²) >= 11 is 0. The van der Waals surface area contributed by atoms with Gasteiger partial charge in [-0.2, -0.15) is 39.5 Å². The van der Waals surface area contributed by atoms with Crippen LogP contribution in [0.5, 0.6) is 0 Å². The van der Waals surface area contributed by atoms with Crippen molar-refractivity contribution in [1.29, 1.82) is 0 Å². The number of ketones is 4. The molecule has 24 nitrogen and oxygen atoms in total. The largest absolute Gasteiger partial charge is 0.418 e. The summed E-state index contributed by atoms with van der Waals surface area (Å²) in [5.41, 5.74) is 23.3. The van der Waals surface area contributed by atoms with Gasteiger partial charge in [0.25, 0.3) is 0 Å². The molecule has 125 heavy (non-hydrogen) atoms. The Balaban J connectivity index is 0.000000598. The maximum atomic E-state index is 13.8. The Hall–Kier alpha value is -13.9. The van der Waals surface area contributed by atoms with E-state index in [0.717, 1.165) is 60.3 Å². The summed E-state index contributed by atoms with van der Waals surface area (Å²) in [6, 6.07) is 62.2. The normalized spacial score (nSPS) is 17.3. The molecule has 4 fully saturated rings. The van der Waals surface area contributed by atoms with Crippen LogP contribution in [0.1, 0.15) is 162 Å². The monoisotopic (exact) mass is 1730 g/mol. The van der Waals surface area contributed by atoms with Crippen molar-refractivity contribution in [2.45, 2.75) is 62.6 Å². The lowest BCUT2D eigenvalue weighted by molar-refractivity contribution is -0.138. The fraction of sp³-hybridized carbons (Fsp3) is 0.239. The number of hydrogen-bond donors (Lipinski definition) is 8. The highest BCUT2D eigenvalue weighted by Gasteiger charge is 2.42. The molecule has 5 atom stereocenters. The Morgan fingerprint density at radius 3 is 0.928 bits per heavy atom. The number of carbonyl (C=O) groups excluding carboxylic acids is 4. The van der Waals surface area contributed by atoms with Gasteiger partial charge in [-0.25, -0.2) is 39.9 Å². The van der Waals surface area contributed by atoms with Gasteiger partial charge in [0.1, 0.15) is 69.3 Å². The van der Waals surface area contributed by atoms with Gasteiger partial charge in [-0.15, -0.1) is 0 Å². The molecule has 0 unspecified atom stereocenters. The number of benzene rings is 4. The molecule has 33 heteroatoms. The molecule has 4 aromatic carbocycles. The van der Waals surface area contributed by atoms with Gasteiger partial charge in [-0.3, -0.25) is 19.2 Å². The molecule has 0 amide bonds. The van der Waals surface area contributed by atoms with Crippen LogP contribution in [-0.2, 0) is 18.5 Å². The van der Waals surface area contributed by atoms with Crippen LogP contribution in [0.3, 0.4) is 0 Å². The lowest BCUT2D eigenvalue weighted by Gasteiger charge is -2.41. The molecule has 0 bridgehead atoms. The number of nitrogens with one attached hydrogen (secondary N) is 4. The van der Waals surface area contributed by atoms with E-state index in [4.69, 9.17) is 27.9 Å². The number of nitrogen functional groups attached to an aromatic ring is 4. The first-order valence-electron chi connectivity index (χ1n) is 40.1. The summed E-state index contributed by atoms with van der Waals surface area (Å²) in [6.07, 6.45) is -6.90. The van der Waals surface area contributed by atoms with E-state index in [9.17, 15) is 58.7 Å². The van der Waals surface area contributed by atoms with Crippen molar-refractivity contribution in [3.8, 4) is 0 Å². The molecule has 8 aromatic heterocycles. The Bertz CT molecular complexity index is 5660. The van der Waals surface area contributed by atoms with Crippen molar-refractivity contribution in [2.75, 3.05) is 115 Å². The van der Waals surface area contributed by atoms with Crippen LogP contribution >= 0.6 is 0 Å². The van der Waals surface area contributed by atoms with E-state index >= 15 is 0 Å². The number of piperazine rings is 4. The molecule has 4 aliphatic heterocycles. The average molecular weight is 1730 g/mol. The van der Waals surface area contributed by atoms with Gasteiger partial charge in [0.05, 0.1) is 45.0 Å². The minimum Gasteiger partial charge on any atom is -0.383 e. The summed E-state index contributed by atoms with van der Waals surface area (Å²) in [5.74, 6) is -1.22. The number of pyridine rings is 8. The highest BCUT2D eigenvalue weighted by Crippen LogP contribution is 2.40. The first-order chi connectivity index (χ1) is 60.0.